The number of thioether (sulfide) groups is 1. The summed E-state index contributed by atoms with van der Waals surface area (Å²) in [5.41, 5.74) is 2.11. The second kappa shape index (κ2) is 11.4. The Kier molecular flexibility index (Phi) is 9.22. The number of carboxylic acid groups (broad SMARTS) is 1. The highest BCUT2D eigenvalue weighted by molar-refractivity contribution is 8.04. The third-order valence-electron chi connectivity index (χ3n) is 6.66. The van der Waals surface area contributed by atoms with Gasteiger partial charge in [-0.15, -0.1) is 35.0 Å². The monoisotopic (exact) mass is 484 g/mol. The molecule has 0 radical (unpaired) electrons. The number of hydrogen-bond acceptors (Lipinski definition) is 3. The van der Waals surface area contributed by atoms with Crippen LogP contribution in [0.2, 0.25) is 0 Å². The summed E-state index contributed by atoms with van der Waals surface area (Å²) < 4.78 is -0.762. The topological polar surface area (TPSA) is 57.5 Å². The fraction of sp³-hybridized carbons (Fsp3) is 0.640. The molecule has 4 atom stereocenters. The minimum absolute atomic E-state index is 0.0825. The maximum Gasteiger partial charge on any atom is 0.317 e. The zero-order valence-electron chi connectivity index (χ0n) is 18.2. The van der Waals surface area contributed by atoms with Crippen LogP contribution in [-0.2, 0) is 4.79 Å². The number of alkyl halides is 2. The summed E-state index contributed by atoms with van der Waals surface area (Å²) in [5.74, 6) is -0.225. The lowest BCUT2D eigenvalue weighted by Gasteiger charge is -2.28. The van der Waals surface area contributed by atoms with E-state index >= 15 is 0 Å². The fourth-order valence-corrected chi connectivity index (χ4v) is 6.86. The Balaban J connectivity index is 1.57. The second-order valence-electron chi connectivity index (χ2n) is 8.96. The third kappa shape index (κ3) is 6.66. The molecule has 1 fully saturated rings. The van der Waals surface area contributed by atoms with Gasteiger partial charge < -0.3 is 10.2 Å². The van der Waals surface area contributed by atoms with Crippen molar-refractivity contribution >= 4 is 40.9 Å². The molecule has 1 aliphatic heterocycles. The van der Waals surface area contributed by atoms with E-state index in [2.05, 4.69) is 25.1 Å². The van der Waals surface area contributed by atoms with Gasteiger partial charge in [0.05, 0.1) is 6.10 Å². The lowest BCUT2D eigenvalue weighted by molar-refractivity contribution is -0.136. The van der Waals surface area contributed by atoms with E-state index in [0.717, 1.165) is 68.9 Å². The van der Waals surface area contributed by atoms with Gasteiger partial charge >= 0.3 is 5.97 Å². The van der Waals surface area contributed by atoms with Crippen LogP contribution in [0.3, 0.4) is 0 Å². The van der Waals surface area contributed by atoms with Gasteiger partial charge in [0, 0.05) is 5.92 Å². The van der Waals surface area contributed by atoms with E-state index in [4.69, 9.17) is 28.3 Å². The predicted molar refractivity (Wildman–Crippen MR) is 131 cm³/mol. The van der Waals surface area contributed by atoms with Crippen molar-refractivity contribution < 1.29 is 15.0 Å². The summed E-state index contributed by atoms with van der Waals surface area (Å²) in [6.45, 7) is 2.17. The number of unbranched alkanes of at least 4 members (excludes halogenated alkanes) is 2. The molecule has 1 aromatic carbocycles. The number of aliphatic carboxylic acids is 1. The van der Waals surface area contributed by atoms with Crippen molar-refractivity contribution in [1.82, 2.24) is 0 Å². The first-order valence-corrected chi connectivity index (χ1v) is 13.2. The van der Waals surface area contributed by atoms with Crippen LogP contribution < -0.4 is 0 Å². The first kappa shape index (κ1) is 25.0. The molecule has 0 amide bonds. The minimum Gasteiger partial charge on any atom is -0.480 e. The van der Waals surface area contributed by atoms with Gasteiger partial charge in [-0.2, -0.15) is 0 Å². The number of allylic oxidation sites excluding steroid dienone is 2. The molecule has 2 aliphatic rings. The fourth-order valence-electron chi connectivity index (χ4n) is 4.92. The molecule has 2 N–H and O–H groups in total. The van der Waals surface area contributed by atoms with Crippen LogP contribution in [0.25, 0.3) is 0 Å². The maximum absolute atomic E-state index is 11.1. The van der Waals surface area contributed by atoms with E-state index in [-0.39, 0.29) is 11.2 Å². The molecule has 1 heterocycles. The third-order valence-corrected chi connectivity index (χ3v) is 8.86. The Morgan fingerprint density at radius 1 is 1.23 bits per heavy atom. The summed E-state index contributed by atoms with van der Waals surface area (Å²) >= 11 is 15.0. The van der Waals surface area contributed by atoms with Crippen molar-refractivity contribution in [2.75, 3.05) is 0 Å². The number of carboxylic acids is 1. The number of carbonyl (C=O) groups is 1. The van der Waals surface area contributed by atoms with Crippen LogP contribution >= 0.6 is 35.0 Å². The maximum atomic E-state index is 11.1. The molecular weight excluding hydrogens is 451 g/mol. The number of halogens is 2. The Bertz CT molecular complexity index is 763. The van der Waals surface area contributed by atoms with E-state index < -0.39 is 16.4 Å². The Morgan fingerprint density at radius 3 is 2.61 bits per heavy atom. The zero-order valence-corrected chi connectivity index (χ0v) is 20.6. The van der Waals surface area contributed by atoms with E-state index in [0.29, 0.717) is 12.3 Å². The van der Waals surface area contributed by atoms with Crippen molar-refractivity contribution in [2.45, 2.75) is 92.7 Å². The van der Waals surface area contributed by atoms with Crippen LogP contribution in [0.1, 0.15) is 94.3 Å². The van der Waals surface area contributed by atoms with Gasteiger partial charge in [-0.3, -0.25) is 4.79 Å². The molecule has 1 aliphatic carbocycles. The number of benzene rings is 1. The molecule has 0 saturated heterocycles. The Labute approximate surface area is 200 Å². The van der Waals surface area contributed by atoms with Crippen molar-refractivity contribution in [3.05, 3.63) is 46.4 Å². The predicted octanol–water partition coefficient (Wildman–Crippen LogP) is 7.61. The lowest BCUT2D eigenvalue weighted by atomic mass is 9.84. The van der Waals surface area contributed by atoms with Crippen molar-refractivity contribution in [1.29, 1.82) is 0 Å². The molecule has 0 spiro atoms. The molecule has 3 rings (SSSR count). The molecule has 1 saturated carbocycles. The van der Waals surface area contributed by atoms with Gasteiger partial charge in [0.2, 0.25) is 0 Å². The van der Waals surface area contributed by atoms with Gasteiger partial charge in [0.1, 0.15) is 9.58 Å². The van der Waals surface area contributed by atoms with Crippen molar-refractivity contribution in [3.8, 4) is 0 Å². The molecule has 31 heavy (non-hydrogen) atoms. The molecule has 172 valence electrons. The molecule has 3 nitrogen and oxygen atoms in total. The van der Waals surface area contributed by atoms with Gasteiger partial charge in [-0.25, -0.2) is 0 Å². The zero-order chi connectivity index (χ0) is 22.4. The Morgan fingerprint density at radius 2 is 1.97 bits per heavy atom. The van der Waals surface area contributed by atoms with Gasteiger partial charge in [-0.1, -0.05) is 56.5 Å². The van der Waals surface area contributed by atoms with E-state index in [9.17, 15) is 9.90 Å². The summed E-state index contributed by atoms with van der Waals surface area (Å²) in [7, 11) is 0. The highest BCUT2D eigenvalue weighted by Gasteiger charge is 2.46. The number of rotatable bonds is 11. The highest BCUT2D eigenvalue weighted by atomic mass is 35.5. The first-order chi connectivity index (χ1) is 14.8. The van der Waals surface area contributed by atoms with Gasteiger partial charge in [-0.05, 0) is 66.9 Å². The van der Waals surface area contributed by atoms with Crippen LogP contribution in [0.5, 0.6) is 0 Å². The largest absolute Gasteiger partial charge is 0.480 e. The Hall–Kier alpha value is -0.680. The van der Waals surface area contributed by atoms with Crippen LogP contribution in [0.15, 0.2) is 35.2 Å². The highest BCUT2D eigenvalue weighted by Crippen LogP contribution is 2.55. The minimum atomic E-state index is -0.762. The van der Waals surface area contributed by atoms with Crippen molar-refractivity contribution in [2.24, 2.45) is 5.92 Å². The average Bonchev–Trinajstić information content (AvgIpc) is 3.33. The SMILES string of the molecule is CCCCCC(O)c1ccc(C2[C@@H](CCCC3=CCC(C(=O)O)S3)CCC2(Cl)Cl)cc1. The molecule has 3 unspecified atom stereocenters. The summed E-state index contributed by atoms with van der Waals surface area (Å²) in [6.07, 6.45) is 11.2. The van der Waals surface area contributed by atoms with Crippen LogP contribution in [0, 0.1) is 5.92 Å². The molecule has 1 aromatic rings. The van der Waals surface area contributed by atoms with E-state index in [1.54, 1.807) is 0 Å². The quantitative estimate of drug-likeness (QED) is 0.250. The number of hydrogen-bond donors (Lipinski definition) is 2. The van der Waals surface area contributed by atoms with Crippen molar-refractivity contribution in [3.63, 3.8) is 0 Å². The van der Waals surface area contributed by atoms with E-state index in [1.165, 1.54) is 16.7 Å². The van der Waals surface area contributed by atoms with Crippen LogP contribution in [-0.4, -0.2) is 25.8 Å². The summed E-state index contributed by atoms with van der Waals surface area (Å²) in [5, 5.41) is 19.3. The van der Waals surface area contributed by atoms with Gasteiger partial charge in [0.25, 0.3) is 0 Å². The number of aliphatic hydroxyl groups is 1. The van der Waals surface area contributed by atoms with Crippen LogP contribution in [0.4, 0.5) is 0 Å². The first-order valence-electron chi connectivity index (χ1n) is 11.6. The molecular formula is C25H34Cl2O3S. The number of aliphatic hydroxyl groups excluding tert-OH is 1. The standard InChI is InChI=1S/C25H34Cl2O3S/c1-2-3-4-8-21(28)17-9-11-19(12-10-17)23-18(15-16-25(23,26)27)6-5-7-20-13-14-22(31-20)24(29)30/h9-13,18,21-23,28H,2-8,14-16H2,1H3,(H,29,30)/t18-,21?,22?,23?/m0/s1. The summed E-state index contributed by atoms with van der Waals surface area (Å²) in [6, 6.07) is 8.23. The summed E-state index contributed by atoms with van der Waals surface area (Å²) in [4.78, 5) is 12.3. The normalized spacial score (nSPS) is 26.1. The second-order valence-corrected chi connectivity index (χ2v) is 11.8. The lowest BCUT2D eigenvalue weighted by Crippen LogP contribution is -2.21. The molecule has 0 aromatic heterocycles. The van der Waals surface area contributed by atoms with E-state index in [1.807, 2.05) is 12.1 Å². The molecule has 6 heteroatoms. The molecule has 0 bridgehead atoms. The average molecular weight is 486 g/mol. The van der Waals surface area contributed by atoms with Gasteiger partial charge in [0.15, 0.2) is 0 Å². The smallest absolute Gasteiger partial charge is 0.317 e.